The summed E-state index contributed by atoms with van der Waals surface area (Å²) in [6.07, 6.45) is 2.08. The molecule has 0 spiro atoms. The fraction of sp³-hybridized carbons (Fsp3) is 0.286. The second-order valence-corrected chi connectivity index (χ2v) is 6.36. The quantitative estimate of drug-likeness (QED) is 0.851. The van der Waals surface area contributed by atoms with Gasteiger partial charge in [-0.2, -0.15) is 0 Å². The highest BCUT2D eigenvalue weighted by atomic mass is 32.2. The van der Waals surface area contributed by atoms with Gasteiger partial charge >= 0.3 is 0 Å². The zero-order valence-electron chi connectivity index (χ0n) is 11.2. The molecule has 108 valence electrons. The normalized spacial score (nSPS) is 13.3. The molecule has 0 amide bonds. The molecule has 1 unspecified atom stereocenters. The molecule has 2 rings (SSSR count). The third-order valence-corrected chi connectivity index (χ3v) is 4.40. The molecule has 0 aliphatic rings. The van der Waals surface area contributed by atoms with E-state index >= 15 is 0 Å². The van der Waals surface area contributed by atoms with E-state index in [1.54, 1.807) is 30.5 Å². The van der Waals surface area contributed by atoms with Gasteiger partial charge < -0.3 is 10.2 Å². The van der Waals surface area contributed by atoms with Crippen LogP contribution in [0.15, 0.2) is 52.0 Å². The first-order valence-corrected chi connectivity index (χ1v) is 7.85. The highest BCUT2D eigenvalue weighted by Crippen LogP contribution is 2.15. The van der Waals surface area contributed by atoms with Gasteiger partial charge in [-0.1, -0.05) is 12.1 Å². The van der Waals surface area contributed by atoms with Crippen molar-refractivity contribution in [2.75, 3.05) is 6.54 Å². The van der Waals surface area contributed by atoms with Crippen LogP contribution in [0.25, 0.3) is 0 Å². The smallest absolute Gasteiger partial charge is 0.240 e. The van der Waals surface area contributed by atoms with E-state index in [0.29, 0.717) is 6.42 Å². The van der Waals surface area contributed by atoms with Crippen LogP contribution in [-0.2, 0) is 16.4 Å². The van der Waals surface area contributed by atoms with Crippen molar-refractivity contribution in [1.82, 2.24) is 4.72 Å². The summed E-state index contributed by atoms with van der Waals surface area (Å²) in [5.41, 5.74) is 6.55. The van der Waals surface area contributed by atoms with E-state index in [0.717, 1.165) is 11.3 Å². The zero-order valence-corrected chi connectivity index (χ0v) is 12.1. The topological polar surface area (TPSA) is 85.3 Å². The number of sulfonamides is 1. The number of hydrogen-bond donors (Lipinski definition) is 2. The fourth-order valence-corrected chi connectivity index (χ4v) is 2.90. The molecule has 3 N–H and O–H groups in total. The molecule has 0 bridgehead atoms. The van der Waals surface area contributed by atoms with Crippen LogP contribution in [0.2, 0.25) is 0 Å². The van der Waals surface area contributed by atoms with Crippen molar-refractivity contribution in [3.05, 3.63) is 54.0 Å². The summed E-state index contributed by atoms with van der Waals surface area (Å²) in [6.45, 7) is 2.11. The first-order chi connectivity index (χ1) is 9.49. The van der Waals surface area contributed by atoms with Crippen molar-refractivity contribution in [1.29, 1.82) is 0 Å². The van der Waals surface area contributed by atoms with Gasteiger partial charge in [0.2, 0.25) is 10.0 Å². The molecule has 0 aliphatic heterocycles. The third-order valence-electron chi connectivity index (χ3n) is 2.94. The second-order valence-electron chi connectivity index (χ2n) is 4.59. The number of hydrogen-bond acceptors (Lipinski definition) is 4. The van der Waals surface area contributed by atoms with Crippen LogP contribution in [0.5, 0.6) is 0 Å². The van der Waals surface area contributed by atoms with Crippen molar-refractivity contribution in [2.24, 2.45) is 5.73 Å². The summed E-state index contributed by atoms with van der Waals surface area (Å²) in [5, 5.41) is 0. The molecule has 0 fully saturated rings. The minimum Gasteiger partial charge on any atom is -0.469 e. The number of rotatable bonds is 6. The van der Waals surface area contributed by atoms with Crippen molar-refractivity contribution < 1.29 is 12.8 Å². The lowest BCUT2D eigenvalue weighted by molar-refractivity contribution is 0.506. The molecule has 5 nitrogen and oxygen atoms in total. The van der Waals surface area contributed by atoms with Crippen molar-refractivity contribution in [3.8, 4) is 0 Å². The first-order valence-electron chi connectivity index (χ1n) is 6.36. The van der Waals surface area contributed by atoms with Crippen molar-refractivity contribution in [2.45, 2.75) is 24.3 Å². The van der Waals surface area contributed by atoms with Gasteiger partial charge in [0.15, 0.2) is 0 Å². The molecule has 1 aromatic carbocycles. The Kier molecular flexibility index (Phi) is 4.59. The van der Waals surface area contributed by atoms with Gasteiger partial charge in [-0.05, 0) is 36.8 Å². The standard InChI is InChI=1S/C14H18N2O3S/c1-11(15)12-4-2-6-14(10-12)20(17,18)16-8-7-13-5-3-9-19-13/h2-6,9-11,16H,7-8,15H2,1H3. The summed E-state index contributed by atoms with van der Waals surface area (Å²) in [6, 6.07) is 10.0. The van der Waals surface area contributed by atoms with E-state index in [4.69, 9.17) is 10.2 Å². The van der Waals surface area contributed by atoms with Gasteiger partial charge in [0.05, 0.1) is 11.2 Å². The van der Waals surface area contributed by atoms with Gasteiger partial charge in [0, 0.05) is 19.0 Å². The molecule has 1 heterocycles. The van der Waals surface area contributed by atoms with Crippen LogP contribution < -0.4 is 10.5 Å². The van der Waals surface area contributed by atoms with E-state index < -0.39 is 10.0 Å². The van der Waals surface area contributed by atoms with Gasteiger partial charge in [0.1, 0.15) is 5.76 Å². The van der Waals surface area contributed by atoms with Crippen LogP contribution >= 0.6 is 0 Å². The summed E-state index contributed by atoms with van der Waals surface area (Å²) in [5.74, 6) is 0.747. The Morgan fingerprint density at radius 3 is 2.75 bits per heavy atom. The Bertz CT molecular complexity index is 649. The molecular weight excluding hydrogens is 276 g/mol. The monoisotopic (exact) mass is 294 g/mol. The van der Waals surface area contributed by atoms with E-state index in [2.05, 4.69) is 4.72 Å². The van der Waals surface area contributed by atoms with E-state index in [-0.39, 0.29) is 17.5 Å². The molecule has 6 heteroatoms. The van der Waals surface area contributed by atoms with E-state index in [1.807, 2.05) is 19.1 Å². The van der Waals surface area contributed by atoms with E-state index in [9.17, 15) is 8.42 Å². The average molecular weight is 294 g/mol. The third kappa shape index (κ3) is 3.69. The molecular formula is C14H18N2O3S. The summed E-state index contributed by atoms with van der Waals surface area (Å²) >= 11 is 0. The maximum atomic E-state index is 12.2. The maximum Gasteiger partial charge on any atom is 0.240 e. The minimum atomic E-state index is -3.52. The SMILES string of the molecule is CC(N)c1cccc(S(=O)(=O)NCCc2ccco2)c1. The lowest BCUT2D eigenvalue weighted by atomic mass is 10.1. The van der Waals surface area contributed by atoms with Crippen molar-refractivity contribution >= 4 is 10.0 Å². The second kappa shape index (κ2) is 6.21. The Morgan fingerprint density at radius 1 is 1.30 bits per heavy atom. The molecule has 1 aromatic heterocycles. The zero-order chi connectivity index (χ0) is 14.6. The van der Waals surface area contributed by atoms with Gasteiger partial charge in [-0.25, -0.2) is 13.1 Å². The summed E-state index contributed by atoms with van der Waals surface area (Å²) < 4.78 is 32.0. The molecule has 2 aromatic rings. The maximum absolute atomic E-state index is 12.2. The molecule has 0 saturated heterocycles. The minimum absolute atomic E-state index is 0.201. The average Bonchev–Trinajstić information content (AvgIpc) is 2.92. The van der Waals surface area contributed by atoms with Gasteiger partial charge in [-0.3, -0.25) is 0 Å². The van der Waals surface area contributed by atoms with Crippen LogP contribution in [0.4, 0.5) is 0 Å². The molecule has 0 saturated carbocycles. The number of benzene rings is 1. The molecule has 20 heavy (non-hydrogen) atoms. The number of nitrogens with one attached hydrogen (secondary N) is 1. The Labute approximate surface area is 118 Å². The van der Waals surface area contributed by atoms with Gasteiger partial charge in [-0.15, -0.1) is 0 Å². The molecule has 0 aliphatic carbocycles. The molecule has 1 atom stereocenters. The van der Waals surface area contributed by atoms with Gasteiger partial charge in [0.25, 0.3) is 0 Å². The lowest BCUT2D eigenvalue weighted by Crippen LogP contribution is -2.26. The Balaban J connectivity index is 2.04. The summed E-state index contributed by atoms with van der Waals surface area (Å²) in [7, 11) is -3.52. The molecule has 0 radical (unpaired) electrons. The Hall–Kier alpha value is -1.63. The number of nitrogens with two attached hydrogens (primary N) is 1. The predicted molar refractivity (Wildman–Crippen MR) is 76.6 cm³/mol. The lowest BCUT2D eigenvalue weighted by Gasteiger charge is -2.09. The number of furan rings is 1. The van der Waals surface area contributed by atoms with Crippen LogP contribution in [-0.4, -0.2) is 15.0 Å². The highest BCUT2D eigenvalue weighted by Gasteiger charge is 2.14. The van der Waals surface area contributed by atoms with E-state index in [1.165, 1.54) is 0 Å². The summed E-state index contributed by atoms with van der Waals surface area (Å²) in [4.78, 5) is 0.228. The van der Waals surface area contributed by atoms with Crippen LogP contribution in [0, 0.1) is 0 Å². The fourth-order valence-electron chi connectivity index (χ4n) is 1.81. The predicted octanol–water partition coefficient (Wildman–Crippen LogP) is 1.82. The Morgan fingerprint density at radius 2 is 2.10 bits per heavy atom. The first kappa shape index (κ1) is 14.8. The highest BCUT2D eigenvalue weighted by molar-refractivity contribution is 7.89. The van der Waals surface area contributed by atoms with Crippen LogP contribution in [0.3, 0.4) is 0 Å². The largest absolute Gasteiger partial charge is 0.469 e. The van der Waals surface area contributed by atoms with Crippen molar-refractivity contribution in [3.63, 3.8) is 0 Å². The van der Waals surface area contributed by atoms with Crippen LogP contribution in [0.1, 0.15) is 24.3 Å².